The molecule has 0 aliphatic carbocycles. The van der Waals surface area contributed by atoms with Crippen LogP contribution in [-0.2, 0) is 0 Å². The van der Waals surface area contributed by atoms with Crippen LogP contribution in [-0.4, -0.2) is 4.57 Å². The SMILES string of the molecule is Nc1ccc(-n2c3ccccc3c3c(N(c4ccccc4)c4ccc(-c5ccccc5)cc4)cccc32)cc1. The van der Waals surface area contributed by atoms with E-state index in [0.717, 1.165) is 39.5 Å². The Labute approximate surface area is 228 Å². The number of anilines is 4. The molecule has 0 saturated heterocycles. The fraction of sp³-hybridized carbons (Fsp3) is 0. The zero-order valence-corrected chi connectivity index (χ0v) is 21.4. The lowest BCUT2D eigenvalue weighted by atomic mass is 10.0. The highest BCUT2D eigenvalue weighted by molar-refractivity contribution is 6.16. The fourth-order valence-electron chi connectivity index (χ4n) is 5.53. The van der Waals surface area contributed by atoms with Crippen LogP contribution in [0.5, 0.6) is 0 Å². The Morgan fingerprint density at radius 3 is 1.79 bits per heavy atom. The van der Waals surface area contributed by atoms with Crippen molar-refractivity contribution in [3.63, 3.8) is 0 Å². The molecule has 0 amide bonds. The van der Waals surface area contributed by atoms with Crippen LogP contribution in [0.3, 0.4) is 0 Å². The highest BCUT2D eigenvalue weighted by Gasteiger charge is 2.20. The average molecular weight is 502 g/mol. The minimum absolute atomic E-state index is 0.759. The number of nitrogens with two attached hydrogens (primary N) is 1. The summed E-state index contributed by atoms with van der Waals surface area (Å²) >= 11 is 0. The molecular formula is C36H27N3. The molecule has 3 heteroatoms. The number of para-hydroxylation sites is 2. The van der Waals surface area contributed by atoms with E-state index in [-0.39, 0.29) is 0 Å². The molecule has 0 fully saturated rings. The molecule has 39 heavy (non-hydrogen) atoms. The number of nitrogens with zero attached hydrogens (tertiary/aromatic N) is 2. The van der Waals surface area contributed by atoms with E-state index in [1.165, 1.54) is 21.9 Å². The lowest BCUT2D eigenvalue weighted by Crippen LogP contribution is -2.10. The molecule has 3 nitrogen and oxygen atoms in total. The molecule has 0 aliphatic heterocycles. The van der Waals surface area contributed by atoms with Gasteiger partial charge in [-0.3, -0.25) is 0 Å². The summed E-state index contributed by atoms with van der Waals surface area (Å²) in [5.41, 5.74) is 16.0. The molecule has 1 aromatic heterocycles. The van der Waals surface area contributed by atoms with Gasteiger partial charge in [-0.1, -0.05) is 84.9 Å². The summed E-state index contributed by atoms with van der Waals surface area (Å²) in [5, 5.41) is 2.42. The van der Waals surface area contributed by atoms with Crippen LogP contribution in [0.25, 0.3) is 38.6 Å². The maximum absolute atomic E-state index is 6.03. The third kappa shape index (κ3) is 4.01. The molecule has 0 aliphatic rings. The van der Waals surface area contributed by atoms with E-state index >= 15 is 0 Å². The summed E-state index contributed by atoms with van der Waals surface area (Å²) in [7, 11) is 0. The monoisotopic (exact) mass is 501 g/mol. The second-order valence-electron chi connectivity index (χ2n) is 9.70. The van der Waals surface area contributed by atoms with Crippen LogP contribution in [0, 0.1) is 0 Å². The van der Waals surface area contributed by atoms with Crippen molar-refractivity contribution in [2.45, 2.75) is 0 Å². The number of aromatic nitrogens is 1. The van der Waals surface area contributed by atoms with Gasteiger partial charge in [-0.25, -0.2) is 0 Å². The first-order valence-electron chi connectivity index (χ1n) is 13.2. The third-order valence-corrected chi connectivity index (χ3v) is 7.31. The smallest absolute Gasteiger partial charge is 0.0562 e. The van der Waals surface area contributed by atoms with E-state index < -0.39 is 0 Å². The van der Waals surface area contributed by atoms with E-state index in [2.05, 4.69) is 149 Å². The summed E-state index contributed by atoms with van der Waals surface area (Å²) in [5.74, 6) is 0. The molecule has 6 aromatic carbocycles. The molecule has 0 radical (unpaired) electrons. The summed E-state index contributed by atoms with van der Waals surface area (Å²) in [6.07, 6.45) is 0. The van der Waals surface area contributed by atoms with Crippen molar-refractivity contribution < 1.29 is 0 Å². The van der Waals surface area contributed by atoms with Gasteiger partial charge in [0.05, 0.1) is 16.7 Å². The topological polar surface area (TPSA) is 34.2 Å². The fourth-order valence-corrected chi connectivity index (χ4v) is 5.53. The van der Waals surface area contributed by atoms with Gasteiger partial charge in [0.15, 0.2) is 0 Å². The normalized spacial score (nSPS) is 11.2. The van der Waals surface area contributed by atoms with Crippen LogP contribution in [0.15, 0.2) is 152 Å². The number of hydrogen-bond donors (Lipinski definition) is 1. The van der Waals surface area contributed by atoms with Crippen LogP contribution in [0.4, 0.5) is 22.7 Å². The first-order valence-corrected chi connectivity index (χ1v) is 13.2. The van der Waals surface area contributed by atoms with E-state index in [1.807, 2.05) is 12.1 Å². The van der Waals surface area contributed by atoms with Crippen molar-refractivity contribution in [2.75, 3.05) is 10.6 Å². The van der Waals surface area contributed by atoms with Gasteiger partial charge in [0.1, 0.15) is 0 Å². The molecule has 0 spiro atoms. The van der Waals surface area contributed by atoms with E-state index in [9.17, 15) is 0 Å². The minimum Gasteiger partial charge on any atom is -0.399 e. The Kier molecular flexibility index (Phi) is 5.60. The second kappa shape index (κ2) is 9.55. The van der Waals surface area contributed by atoms with Crippen molar-refractivity contribution in [1.82, 2.24) is 4.57 Å². The highest BCUT2D eigenvalue weighted by atomic mass is 15.1. The summed E-state index contributed by atoms with van der Waals surface area (Å²) in [4.78, 5) is 2.36. The van der Waals surface area contributed by atoms with Crippen molar-refractivity contribution in [3.8, 4) is 16.8 Å². The van der Waals surface area contributed by atoms with E-state index in [0.29, 0.717) is 0 Å². The van der Waals surface area contributed by atoms with Gasteiger partial charge >= 0.3 is 0 Å². The Morgan fingerprint density at radius 2 is 1.05 bits per heavy atom. The quantitative estimate of drug-likeness (QED) is 0.238. The summed E-state index contributed by atoms with van der Waals surface area (Å²) < 4.78 is 2.33. The number of fused-ring (bicyclic) bond motifs is 3. The third-order valence-electron chi connectivity index (χ3n) is 7.31. The first kappa shape index (κ1) is 22.9. The maximum Gasteiger partial charge on any atom is 0.0562 e. The highest BCUT2D eigenvalue weighted by Crippen LogP contribution is 2.43. The van der Waals surface area contributed by atoms with Crippen LogP contribution < -0.4 is 10.6 Å². The summed E-state index contributed by atoms with van der Waals surface area (Å²) in [6, 6.07) is 53.3. The minimum atomic E-state index is 0.759. The van der Waals surface area contributed by atoms with Gasteiger partial charge in [-0.2, -0.15) is 0 Å². The Hall–Kier alpha value is -5.28. The molecule has 0 saturated carbocycles. The van der Waals surface area contributed by atoms with E-state index in [4.69, 9.17) is 5.73 Å². The Bertz CT molecular complexity index is 1890. The average Bonchev–Trinajstić information content (AvgIpc) is 3.34. The molecular weight excluding hydrogens is 474 g/mol. The molecule has 0 unspecified atom stereocenters. The molecule has 186 valence electrons. The molecule has 0 bridgehead atoms. The zero-order chi connectivity index (χ0) is 26.2. The molecule has 7 aromatic rings. The Morgan fingerprint density at radius 1 is 0.462 bits per heavy atom. The van der Waals surface area contributed by atoms with E-state index in [1.54, 1.807) is 0 Å². The molecule has 0 atom stereocenters. The summed E-state index contributed by atoms with van der Waals surface area (Å²) in [6.45, 7) is 0. The molecule has 2 N–H and O–H groups in total. The van der Waals surface area contributed by atoms with Gasteiger partial charge in [-0.05, 0) is 77.9 Å². The van der Waals surface area contributed by atoms with Gasteiger partial charge in [0.2, 0.25) is 0 Å². The van der Waals surface area contributed by atoms with Crippen LogP contribution in [0.2, 0.25) is 0 Å². The largest absolute Gasteiger partial charge is 0.399 e. The Balaban J connectivity index is 1.48. The molecule has 7 rings (SSSR count). The zero-order valence-electron chi connectivity index (χ0n) is 21.4. The predicted octanol–water partition coefficient (Wildman–Crippen LogP) is 9.50. The van der Waals surface area contributed by atoms with Crippen LogP contribution >= 0.6 is 0 Å². The number of benzene rings is 6. The van der Waals surface area contributed by atoms with Crippen molar-refractivity contribution in [3.05, 3.63) is 152 Å². The standard InChI is InChI=1S/C36H27N3/c37-28-20-24-31(25-21-28)39-33-15-8-7-14-32(33)36-34(16-9-17-35(36)39)38(29-12-5-2-6-13-29)30-22-18-27(19-23-30)26-10-3-1-4-11-26/h1-25H,37H2. The van der Waals surface area contributed by atoms with Gasteiger partial charge in [-0.15, -0.1) is 0 Å². The first-order chi connectivity index (χ1) is 19.3. The number of rotatable bonds is 5. The van der Waals surface area contributed by atoms with Gasteiger partial charge in [0, 0.05) is 33.5 Å². The second-order valence-corrected chi connectivity index (χ2v) is 9.70. The lowest BCUT2D eigenvalue weighted by Gasteiger charge is -2.26. The van der Waals surface area contributed by atoms with Crippen molar-refractivity contribution in [1.29, 1.82) is 0 Å². The number of hydrogen-bond acceptors (Lipinski definition) is 2. The van der Waals surface area contributed by atoms with Crippen molar-refractivity contribution >= 4 is 44.6 Å². The van der Waals surface area contributed by atoms with Gasteiger partial charge in [0.25, 0.3) is 0 Å². The van der Waals surface area contributed by atoms with Crippen LogP contribution in [0.1, 0.15) is 0 Å². The number of nitrogen functional groups attached to an aromatic ring is 1. The predicted molar refractivity (Wildman–Crippen MR) is 165 cm³/mol. The molecule has 1 heterocycles. The lowest BCUT2D eigenvalue weighted by molar-refractivity contribution is 1.18. The van der Waals surface area contributed by atoms with Crippen molar-refractivity contribution in [2.24, 2.45) is 0 Å². The maximum atomic E-state index is 6.03. The van der Waals surface area contributed by atoms with Gasteiger partial charge < -0.3 is 15.2 Å².